The number of alkyl halides is 3. The number of nitrogens with one attached hydrogen (secondary N) is 2. The van der Waals surface area contributed by atoms with Gasteiger partial charge in [0, 0.05) is 46.3 Å². The standard InChI is InChI=1S/C26H22F3N3O2S/c27-26(28,29)19-8-6-7-18(15-19)25(34)30-13-14-32-16-23(21-11-4-5-12-22(21)32)35-17-24(33)31-20-9-2-1-3-10-20/h1-12,15-16H,13-14,17H2,(H,30,34)(H,31,33). The van der Waals surface area contributed by atoms with Crippen LogP contribution in [0.15, 0.2) is 90.0 Å². The van der Waals surface area contributed by atoms with Gasteiger partial charge in [0.05, 0.1) is 11.3 Å². The molecule has 2 N–H and O–H groups in total. The third-order valence-electron chi connectivity index (χ3n) is 5.26. The van der Waals surface area contributed by atoms with Gasteiger partial charge in [0.15, 0.2) is 0 Å². The monoisotopic (exact) mass is 497 g/mol. The summed E-state index contributed by atoms with van der Waals surface area (Å²) in [4.78, 5) is 25.6. The molecule has 35 heavy (non-hydrogen) atoms. The first-order valence-corrected chi connectivity index (χ1v) is 11.8. The molecule has 0 saturated heterocycles. The van der Waals surface area contributed by atoms with Crippen molar-refractivity contribution in [1.82, 2.24) is 9.88 Å². The molecule has 0 atom stereocenters. The number of para-hydroxylation sites is 2. The van der Waals surface area contributed by atoms with Gasteiger partial charge >= 0.3 is 6.18 Å². The third-order valence-corrected chi connectivity index (χ3v) is 6.30. The summed E-state index contributed by atoms with van der Waals surface area (Å²) in [5.74, 6) is -0.457. The molecule has 4 aromatic rings. The summed E-state index contributed by atoms with van der Waals surface area (Å²) in [6.07, 6.45) is -2.59. The number of nitrogens with zero attached hydrogens (tertiary/aromatic N) is 1. The van der Waals surface area contributed by atoms with E-state index in [4.69, 9.17) is 0 Å². The minimum absolute atomic E-state index is 0.0436. The number of carbonyl (C=O) groups is 2. The first-order valence-electron chi connectivity index (χ1n) is 10.8. The van der Waals surface area contributed by atoms with Crippen LogP contribution in [-0.4, -0.2) is 28.7 Å². The molecule has 0 fully saturated rings. The summed E-state index contributed by atoms with van der Waals surface area (Å²) in [6.45, 7) is 0.647. The number of halogens is 3. The Hall–Kier alpha value is -3.72. The smallest absolute Gasteiger partial charge is 0.350 e. The van der Waals surface area contributed by atoms with Crippen molar-refractivity contribution in [3.05, 3.63) is 96.2 Å². The van der Waals surface area contributed by atoms with E-state index in [1.165, 1.54) is 23.9 Å². The summed E-state index contributed by atoms with van der Waals surface area (Å²) in [5.41, 5.74) is 0.765. The lowest BCUT2D eigenvalue weighted by molar-refractivity contribution is -0.137. The number of thioether (sulfide) groups is 1. The Bertz CT molecular complexity index is 1340. The van der Waals surface area contributed by atoms with Gasteiger partial charge in [-0.15, -0.1) is 11.8 Å². The maximum atomic E-state index is 12.9. The van der Waals surface area contributed by atoms with Crippen molar-refractivity contribution >= 4 is 40.2 Å². The van der Waals surface area contributed by atoms with Crippen LogP contribution in [0, 0.1) is 0 Å². The van der Waals surface area contributed by atoms with Crippen molar-refractivity contribution in [1.29, 1.82) is 0 Å². The lowest BCUT2D eigenvalue weighted by Crippen LogP contribution is -2.27. The van der Waals surface area contributed by atoms with Crippen LogP contribution in [0.3, 0.4) is 0 Å². The molecular formula is C26H22F3N3O2S. The fourth-order valence-electron chi connectivity index (χ4n) is 3.60. The van der Waals surface area contributed by atoms with E-state index in [-0.39, 0.29) is 23.8 Å². The highest BCUT2D eigenvalue weighted by Crippen LogP contribution is 2.31. The van der Waals surface area contributed by atoms with Crippen LogP contribution in [0.5, 0.6) is 0 Å². The molecule has 0 unspecified atom stereocenters. The zero-order chi connectivity index (χ0) is 24.8. The Morgan fingerprint density at radius 1 is 0.914 bits per heavy atom. The molecule has 0 aliphatic rings. The number of hydrogen-bond donors (Lipinski definition) is 2. The van der Waals surface area contributed by atoms with Crippen molar-refractivity contribution in [2.75, 3.05) is 17.6 Å². The first-order chi connectivity index (χ1) is 16.8. The second-order valence-electron chi connectivity index (χ2n) is 7.74. The summed E-state index contributed by atoms with van der Waals surface area (Å²) in [7, 11) is 0. The predicted octanol–water partition coefficient (Wildman–Crippen LogP) is 5.82. The van der Waals surface area contributed by atoms with Crippen molar-refractivity contribution < 1.29 is 22.8 Å². The quantitative estimate of drug-likeness (QED) is 0.302. The number of amides is 2. The minimum atomic E-state index is -4.51. The van der Waals surface area contributed by atoms with Gasteiger partial charge in [0.25, 0.3) is 5.91 Å². The molecular weight excluding hydrogens is 475 g/mol. The maximum absolute atomic E-state index is 12.9. The molecule has 0 aliphatic heterocycles. The van der Waals surface area contributed by atoms with Crippen LogP contribution in [0.4, 0.5) is 18.9 Å². The molecule has 0 bridgehead atoms. The second-order valence-corrected chi connectivity index (χ2v) is 8.76. The molecule has 3 aromatic carbocycles. The van der Waals surface area contributed by atoms with Gasteiger partial charge in [0.2, 0.25) is 5.91 Å². The Morgan fingerprint density at radius 3 is 2.43 bits per heavy atom. The maximum Gasteiger partial charge on any atom is 0.416 e. The van der Waals surface area contributed by atoms with E-state index >= 15 is 0 Å². The summed E-state index contributed by atoms with van der Waals surface area (Å²) in [6, 6.07) is 21.3. The van der Waals surface area contributed by atoms with Crippen LogP contribution >= 0.6 is 11.8 Å². The van der Waals surface area contributed by atoms with Crippen LogP contribution < -0.4 is 10.6 Å². The molecule has 2 amide bonds. The average Bonchev–Trinajstić information content (AvgIpc) is 3.20. The normalized spacial score (nSPS) is 11.4. The molecule has 0 radical (unpaired) electrons. The Kier molecular flexibility index (Phi) is 7.45. The molecule has 180 valence electrons. The molecule has 4 rings (SSSR count). The van der Waals surface area contributed by atoms with Crippen LogP contribution in [0.25, 0.3) is 10.9 Å². The lowest BCUT2D eigenvalue weighted by atomic mass is 10.1. The summed E-state index contributed by atoms with van der Waals surface area (Å²) >= 11 is 1.41. The van der Waals surface area contributed by atoms with Crippen molar-refractivity contribution in [3.8, 4) is 0 Å². The Morgan fingerprint density at radius 2 is 1.66 bits per heavy atom. The van der Waals surface area contributed by atoms with Gasteiger partial charge in [-0.25, -0.2) is 0 Å². The Balaban J connectivity index is 1.38. The van der Waals surface area contributed by atoms with Crippen LogP contribution in [0.1, 0.15) is 15.9 Å². The highest BCUT2D eigenvalue weighted by Gasteiger charge is 2.30. The zero-order valence-corrected chi connectivity index (χ0v) is 19.3. The van der Waals surface area contributed by atoms with Gasteiger partial charge in [-0.05, 0) is 36.4 Å². The average molecular weight is 498 g/mol. The largest absolute Gasteiger partial charge is 0.416 e. The van der Waals surface area contributed by atoms with E-state index in [9.17, 15) is 22.8 Å². The molecule has 0 spiro atoms. The van der Waals surface area contributed by atoms with E-state index in [1.54, 1.807) is 0 Å². The Labute approximate surface area is 204 Å². The number of carbonyl (C=O) groups excluding carboxylic acids is 2. The van der Waals surface area contributed by atoms with E-state index in [1.807, 2.05) is 65.4 Å². The van der Waals surface area contributed by atoms with Gasteiger partial charge < -0.3 is 15.2 Å². The van der Waals surface area contributed by atoms with E-state index in [0.29, 0.717) is 6.54 Å². The molecule has 0 aliphatic carbocycles. The van der Waals surface area contributed by atoms with Crippen molar-refractivity contribution in [2.24, 2.45) is 0 Å². The predicted molar refractivity (Wildman–Crippen MR) is 132 cm³/mol. The first kappa shape index (κ1) is 24.4. The minimum Gasteiger partial charge on any atom is -0.350 e. The zero-order valence-electron chi connectivity index (χ0n) is 18.5. The molecule has 1 heterocycles. The summed E-state index contributed by atoms with van der Waals surface area (Å²) in [5, 5.41) is 6.52. The van der Waals surface area contributed by atoms with Gasteiger partial charge in [-0.2, -0.15) is 13.2 Å². The summed E-state index contributed by atoms with van der Waals surface area (Å²) < 4.78 is 40.7. The number of aromatic nitrogens is 1. The number of rotatable bonds is 8. The van der Waals surface area contributed by atoms with E-state index in [2.05, 4.69) is 10.6 Å². The highest BCUT2D eigenvalue weighted by atomic mass is 32.2. The molecule has 5 nitrogen and oxygen atoms in total. The molecule has 1 aromatic heterocycles. The second kappa shape index (κ2) is 10.7. The topological polar surface area (TPSA) is 63.1 Å². The van der Waals surface area contributed by atoms with E-state index < -0.39 is 17.6 Å². The molecule has 9 heteroatoms. The fourth-order valence-corrected chi connectivity index (χ4v) is 4.49. The number of benzene rings is 3. The highest BCUT2D eigenvalue weighted by molar-refractivity contribution is 8.00. The van der Waals surface area contributed by atoms with E-state index in [0.717, 1.165) is 33.6 Å². The lowest BCUT2D eigenvalue weighted by Gasteiger charge is -2.10. The number of hydrogen-bond acceptors (Lipinski definition) is 3. The van der Waals surface area contributed by atoms with Gasteiger partial charge in [0.1, 0.15) is 0 Å². The third kappa shape index (κ3) is 6.24. The number of fused-ring (bicyclic) bond motifs is 1. The van der Waals surface area contributed by atoms with Crippen LogP contribution in [-0.2, 0) is 17.5 Å². The van der Waals surface area contributed by atoms with Crippen molar-refractivity contribution in [2.45, 2.75) is 17.6 Å². The SMILES string of the molecule is O=C(CSc1cn(CCNC(=O)c2cccc(C(F)(F)F)c2)c2ccccc12)Nc1ccccc1. The number of anilines is 1. The van der Waals surface area contributed by atoms with Gasteiger partial charge in [-0.3, -0.25) is 9.59 Å². The van der Waals surface area contributed by atoms with Crippen LogP contribution in [0.2, 0.25) is 0 Å². The fraction of sp³-hybridized carbons (Fsp3) is 0.154. The van der Waals surface area contributed by atoms with Crippen molar-refractivity contribution in [3.63, 3.8) is 0 Å². The van der Waals surface area contributed by atoms with Gasteiger partial charge in [-0.1, -0.05) is 42.5 Å². The molecule has 0 saturated carbocycles.